The summed E-state index contributed by atoms with van der Waals surface area (Å²) in [6.07, 6.45) is 1.82. The predicted octanol–water partition coefficient (Wildman–Crippen LogP) is 2.62. The normalized spacial score (nSPS) is 19.8. The Morgan fingerprint density at radius 2 is 1.92 bits per heavy atom. The molecule has 0 aliphatic carbocycles. The van der Waals surface area contributed by atoms with Crippen LogP contribution in [0.4, 0.5) is 11.5 Å². The van der Waals surface area contributed by atoms with Gasteiger partial charge >= 0.3 is 0 Å². The molecule has 1 amide bonds. The molecule has 1 N–H and O–H groups in total. The van der Waals surface area contributed by atoms with Crippen LogP contribution in [-0.4, -0.2) is 47.5 Å². The van der Waals surface area contributed by atoms with E-state index in [1.54, 1.807) is 0 Å². The minimum Gasteiger partial charge on any atom is -0.354 e. The Hall–Kier alpha value is -2.40. The molecule has 5 heteroatoms. The van der Waals surface area contributed by atoms with Crippen LogP contribution in [0.3, 0.4) is 0 Å². The fraction of sp³-hybridized carbons (Fsp3) is 0.368. The summed E-state index contributed by atoms with van der Waals surface area (Å²) in [6, 6.07) is 15.7. The summed E-state index contributed by atoms with van der Waals surface area (Å²) < 4.78 is 0. The first-order valence-electron chi connectivity index (χ1n) is 8.43. The van der Waals surface area contributed by atoms with Crippen LogP contribution in [0.2, 0.25) is 0 Å². The van der Waals surface area contributed by atoms with E-state index in [1.165, 1.54) is 0 Å². The maximum Gasteiger partial charge on any atom is 0.241 e. The quantitative estimate of drug-likeness (QED) is 0.939. The second-order valence-electron chi connectivity index (χ2n) is 6.25. The first-order chi connectivity index (χ1) is 11.6. The van der Waals surface area contributed by atoms with Gasteiger partial charge in [-0.15, -0.1) is 0 Å². The number of aromatic nitrogens is 1. The van der Waals surface area contributed by atoms with Gasteiger partial charge in [-0.2, -0.15) is 0 Å². The molecular weight excluding hydrogens is 300 g/mol. The average molecular weight is 324 g/mol. The molecule has 0 bridgehead atoms. The SMILES string of the molecule is CC1CN(c2ccccn2)CCN1C(C)C(=O)Nc1ccccc1. The van der Waals surface area contributed by atoms with E-state index in [0.29, 0.717) is 0 Å². The monoisotopic (exact) mass is 324 g/mol. The number of rotatable bonds is 4. The summed E-state index contributed by atoms with van der Waals surface area (Å²) in [5.74, 6) is 1.05. The van der Waals surface area contributed by atoms with Crippen LogP contribution < -0.4 is 10.2 Å². The number of anilines is 2. The number of hydrogen-bond donors (Lipinski definition) is 1. The van der Waals surface area contributed by atoms with Gasteiger partial charge < -0.3 is 10.2 Å². The molecule has 1 aliphatic rings. The smallest absolute Gasteiger partial charge is 0.241 e. The van der Waals surface area contributed by atoms with Gasteiger partial charge in [0.2, 0.25) is 5.91 Å². The fourth-order valence-corrected chi connectivity index (χ4v) is 3.21. The van der Waals surface area contributed by atoms with E-state index >= 15 is 0 Å². The minimum atomic E-state index is -0.161. The number of amides is 1. The summed E-state index contributed by atoms with van der Waals surface area (Å²) in [7, 11) is 0. The maximum absolute atomic E-state index is 12.5. The predicted molar refractivity (Wildman–Crippen MR) is 97.2 cm³/mol. The van der Waals surface area contributed by atoms with E-state index in [9.17, 15) is 4.79 Å². The Balaban J connectivity index is 1.60. The van der Waals surface area contributed by atoms with Crippen molar-refractivity contribution in [1.82, 2.24) is 9.88 Å². The summed E-state index contributed by atoms with van der Waals surface area (Å²) in [6.45, 7) is 6.75. The molecule has 1 aromatic carbocycles. The highest BCUT2D eigenvalue weighted by Crippen LogP contribution is 2.19. The minimum absolute atomic E-state index is 0.0411. The van der Waals surface area contributed by atoms with Gasteiger partial charge in [0.05, 0.1) is 6.04 Å². The number of carbonyl (C=O) groups is 1. The number of nitrogens with zero attached hydrogens (tertiary/aromatic N) is 3. The van der Waals surface area contributed by atoms with Gasteiger partial charge in [0.25, 0.3) is 0 Å². The zero-order valence-electron chi connectivity index (χ0n) is 14.2. The molecule has 2 heterocycles. The summed E-state index contributed by atoms with van der Waals surface area (Å²) in [5, 5.41) is 3.00. The molecule has 1 saturated heterocycles. The molecule has 1 fully saturated rings. The molecule has 0 radical (unpaired) electrons. The first-order valence-corrected chi connectivity index (χ1v) is 8.43. The third-order valence-corrected chi connectivity index (χ3v) is 4.57. The van der Waals surface area contributed by atoms with Gasteiger partial charge in [0, 0.05) is 37.6 Å². The molecule has 0 saturated carbocycles. The van der Waals surface area contributed by atoms with E-state index in [1.807, 2.05) is 61.7 Å². The Bertz CT molecular complexity index is 662. The lowest BCUT2D eigenvalue weighted by Gasteiger charge is -2.42. The number of pyridine rings is 1. The third kappa shape index (κ3) is 3.74. The van der Waals surface area contributed by atoms with Crippen LogP contribution in [0.5, 0.6) is 0 Å². The molecule has 24 heavy (non-hydrogen) atoms. The summed E-state index contributed by atoms with van der Waals surface area (Å²) in [4.78, 5) is 21.5. The second-order valence-corrected chi connectivity index (χ2v) is 6.25. The first kappa shape index (κ1) is 16.5. The van der Waals surface area contributed by atoms with Crippen molar-refractivity contribution >= 4 is 17.4 Å². The largest absolute Gasteiger partial charge is 0.354 e. The van der Waals surface area contributed by atoms with E-state index in [0.717, 1.165) is 31.1 Å². The zero-order valence-corrected chi connectivity index (χ0v) is 14.2. The van der Waals surface area contributed by atoms with Crippen LogP contribution >= 0.6 is 0 Å². The van der Waals surface area contributed by atoms with Gasteiger partial charge in [-0.25, -0.2) is 4.98 Å². The molecule has 3 rings (SSSR count). The molecule has 5 nitrogen and oxygen atoms in total. The maximum atomic E-state index is 12.5. The van der Waals surface area contributed by atoms with Gasteiger partial charge in [0.15, 0.2) is 0 Å². The molecule has 1 aliphatic heterocycles. The summed E-state index contributed by atoms with van der Waals surface area (Å²) in [5.41, 5.74) is 0.842. The number of carbonyl (C=O) groups excluding carboxylic acids is 1. The number of hydrogen-bond acceptors (Lipinski definition) is 4. The van der Waals surface area contributed by atoms with Gasteiger partial charge in [-0.1, -0.05) is 24.3 Å². The fourth-order valence-electron chi connectivity index (χ4n) is 3.21. The van der Waals surface area contributed by atoms with Crippen molar-refractivity contribution in [3.63, 3.8) is 0 Å². The van der Waals surface area contributed by atoms with Gasteiger partial charge in [0.1, 0.15) is 5.82 Å². The topological polar surface area (TPSA) is 48.5 Å². The van der Waals surface area contributed by atoms with Crippen LogP contribution in [0, 0.1) is 0 Å². The molecule has 126 valence electrons. The van der Waals surface area contributed by atoms with Crippen molar-refractivity contribution in [2.24, 2.45) is 0 Å². The Morgan fingerprint density at radius 3 is 2.58 bits per heavy atom. The molecule has 2 aromatic rings. The molecule has 2 unspecified atom stereocenters. The van der Waals surface area contributed by atoms with E-state index in [2.05, 4.69) is 27.0 Å². The Morgan fingerprint density at radius 1 is 1.17 bits per heavy atom. The van der Waals surface area contributed by atoms with Crippen molar-refractivity contribution in [3.05, 3.63) is 54.7 Å². The highest BCUT2D eigenvalue weighted by molar-refractivity contribution is 5.94. The number of piperazine rings is 1. The lowest BCUT2D eigenvalue weighted by Crippen LogP contribution is -2.57. The van der Waals surface area contributed by atoms with E-state index in [-0.39, 0.29) is 18.0 Å². The van der Waals surface area contributed by atoms with Crippen LogP contribution in [-0.2, 0) is 4.79 Å². The summed E-state index contributed by atoms with van der Waals surface area (Å²) >= 11 is 0. The Labute approximate surface area is 143 Å². The van der Waals surface area contributed by atoms with E-state index < -0.39 is 0 Å². The number of para-hydroxylation sites is 1. The Kier molecular flexibility index (Phi) is 5.11. The van der Waals surface area contributed by atoms with Gasteiger partial charge in [-0.3, -0.25) is 9.69 Å². The van der Waals surface area contributed by atoms with Crippen molar-refractivity contribution in [3.8, 4) is 0 Å². The third-order valence-electron chi connectivity index (χ3n) is 4.57. The van der Waals surface area contributed by atoms with E-state index in [4.69, 9.17) is 0 Å². The standard InChI is InChI=1S/C19H24N4O/c1-15-14-22(18-10-6-7-11-20-18)12-13-23(15)16(2)19(24)21-17-8-4-3-5-9-17/h3-11,15-16H,12-14H2,1-2H3,(H,21,24). The van der Waals surface area contributed by atoms with Gasteiger partial charge in [-0.05, 0) is 38.1 Å². The zero-order chi connectivity index (χ0) is 16.9. The molecule has 0 spiro atoms. The van der Waals surface area contributed by atoms with Crippen LogP contribution in [0.1, 0.15) is 13.8 Å². The molecule has 1 aromatic heterocycles. The molecule has 2 atom stereocenters. The van der Waals surface area contributed by atoms with Crippen molar-refractivity contribution in [2.75, 3.05) is 29.9 Å². The lowest BCUT2D eigenvalue weighted by molar-refractivity contribution is -0.121. The second kappa shape index (κ2) is 7.45. The molecular formula is C19H24N4O. The highest BCUT2D eigenvalue weighted by Gasteiger charge is 2.31. The average Bonchev–Trinajstić information content (AvgIpc) is 2.62. The van der Waals surface area contributed by atoms with Crippen molar-refractivity contribution in [2.45, 2.75) is 25.9 Å². The van der Waals surface area contributed by atoms with Crippen molar-refractivity contribution in [1.29, 1.82) is 0 Å². The lowest BCUT2D eigenvalue weighted by atomic mass is 10.1. The number of benzene rings is 1. The number of nitrogens with one attached hydrogen (secondary N) is 1. The van der Waals surface area contributed by atoms with Crippen molar-refractivity contribution < 1.29 is 4.79 Å². The van der Waals surface area contributed by atoms with Crippen LogP contribution in [0.15, 0.2) is 54.7 Å². The van der Waals surface area contributed by atoms with Crippen LogP contribution in [0.25, 0.3) is 0 Å². The highest BCUT2D eigenvalue weighted by atomic mass is 16.2.